The van der Waals surface area contributed by atoms with E-state index in [4.69, 9.17) is 0 Å². The molecule has 0 aliphatic carbocycles. The fourth-order valence-electron chi connectivity index (χ4n) is 3.32. The van der Waals surface area contributed by atoms with Gasteiger partial charge in [0.05, 0.1) is 0 Å². The first-order valence-corrected chi connectivity index (χ1v) is 10.1. The molecule has 0 radical (unpaired) electrons. The van der Waals surface area contributed by atoms with E-state index < -0.39 is 17.5 Å². The molecule has 1 atom stereocenters. The van der Waals surface area contributed by atoms with Crippen molar-refractivity contribution in [2.45, 2.75) is 71.3 Å². The van der Waals surface area contributed by atoms with E-state index in [0.717, 1.165) is 36.1 Å². The van der Waals surface area contributed by atoms with Crippen LogP contribution in [0.4, 0.5) is 4.79 Å². The van der Waals surface area contributed by atoms with Crippen LogP contribution in [0.3, 0.4) is 0 Å². The average molecular weight is 388 g/mol. The zero-order valence-electron chi connectivity index (χ0n) is 17.7. The minimum absolute atomic E-state index is 0.00359. The van der Waals surface area contributed by atoms with Crippen molar-refractivity contribution in [3.63, 3.8) is 0 Å². The molecule has 6 heteroatoms. The van der Waals surface area contributed by atoms with Gasteiger partial charge in [-0.15, -0.1) is 0 Å². The Hall–Kier alpha value is -2.37. The molecule has 2 N–H and O–H groups in total. The van der Waals surface area contributed by atoms with Crippen molar-refractivity contribution >= 4 is 17.8 Å². The number of urea groups is 1. The molecule has 6 nitrogen and oxygen atoms in total. The minimum atomic E-state index is -1.16. The van der Waals surface area contributed by atoms with Crippen LogP contribution in [-0.4, -0.2) is 35.8 Å². The number of hydrogen-bond acceptors (Lipinski definition) is 3. The Morgan fingerprint density at radius 2 is 1.75 bits per heavy atom. The third-order valence-corrected chi connectivity index (χ3v) is 5.26. The fraction of sp³-hybridized carbons (Fsp3) is 0.591. The molecule has 2 rings (SSSR count). The Morgan fingerprint density at radius 1 is 1.11 bits per heavy atom. The topological polar surface area (TPSA) is 78.5 Å². The second-order valence-electron chi connectivity index (χ2n) is 8.68. The van der Waals surface area contributed by atoms with Gasteiger partial charge in [-0.3, -0.25) is 14.5 Å². The summed E-state index contributed by atoms with van der Waals surface area (Å²) in [6, 6.07) is 7.16. The summed E-state index contributed by atoms with van der Waals surface area (Å²) in [5.74, 6) is -0.713. The summed E-state index contributed by atoms with van der Waals surface area (Å²) in [6.07, 6.45) is 4.22. The molecule has 1 unspecified atom stereocenters. The lowest BCUT2D eigenvalue weighted by Gasteiger charge is -2.24. The largest absolute Gasteiger partial charge is 0.355 e. The summed E-state index contributed by atoms with van der Waals surface area (Å²) in [5.41, 5.74) is 0.704. The summed E-state index contributed by atoms with van der Waals surface area (Å²) < 4.78 is 0. The number of benzene rings is 1. The van der Waals surface area contributed by atoms with E-state index in [1.54, 1.807) is 6.92 Å². The molecule has 1 aromatic rings. The zero-order chi connectivity index (χ0) is 20.9. The number of hydrogen-bond donors (Lipinski definition) is 2. The highest BCUT2D eigenvalue weighted by atomic mass is 16.2. The molecule has 1 fully saturated rings. The number of carbonyl (C=O) groups excluding carboxylic acids is 3. The predicted molar refractivity (Wildman–Crippen MR) is 110 cm³/mol. The molecule has 1 saturated heterocycles. The van der Waals surface area contributed by atoms with E-state index in [9.17, 15) is 14.4 Å². The molecule has 0 aromatic heterocycles. The average Bonchev–Trinajstić information content (AvgIpc) is 2.85. The first-order valence-electron chi connectivity index (χ1n) is 10.1. The van der Waals surface area contributed by atoms with Crippen LogP contribution in [0, 0.1) is 0 Å². The first-order chi connectivity index (χ1) is 13.1. The zero-order valence-corrected chi connectivity index (χ0v) is 17.7. The number of nitrogens with zero attached hydrogens (tertiary/aromatic N) is 1. The molecular formula is C22H33N3O3. The number of rotatable bonds is 8. The van der Waals surface area contributed by atoms with Gasteiger partial charge in [-0.2, -0.15) is 0 Å². The van der Waals surface area contributed by atoms with Crippen LogP contribution in [0.1, 0.15) is 71.4 Å². The molecule has 0 bridgehead atoms. The monoisotopic (exact) mass is 387 g/mol. The molecule has 0 spiro atoms. The second-order valence-corrected chi connectivity index (χ2v) is 8.68. The molecule has 1 aromatic carbocycles. The van der Waals surface area contributed by atoms with E-state index in [2.05, 4.69) is 38.3 Å². The van der Waals surface area contributed by atoms with Crippen LogP contribution in [0.25, 0.3) is 0 Å². The van der Waals surface area contributed by atoms with Gasteiger partial charge in [0.2, 0.25) is 5.91 Å². The molecule has 28 heavy (non-hydrogen) atoms. The molecule has 1 aliphatic heterocycles. The maximum atomic E-state index is 12.9. The Balaban J connectivity index is 2.02. The third kappa shape index (κ3) is 4.91. The van der Waals surface area contributed by atoms with Gasteiger partial charge in [0.25, 0.3) is 5.91 Å². The highest BCUT2D eigenvalue weighted by Crippen LogP contribution is 2.31. The van der Waals surface area contributed by atoms with Gasteiger partial charge in [0.15, 0.2) is 0 Å². The highest BCUT2D eigenvalue weighted by Gasteiger charge is 2.49. The normalized spacial score (nSPS) is 19.7. The minimum Gasteiger partial charge on any atom is -0.355 e. The van der Waals surface area contributed by atoms with E-state index in [1.165, 1.54) is 0 Å². The Bertz CT molecular complexity index is 722. The van der Waals surface area contributed by atoms with Crippen molar-refractivity contribution in [3.8, 4) is 0 Å². The Morgan fingerprint density at radius 3 is 2.32 bits per heavy atom. The fourth-order valence-corrected chi connectivity index (χ4v) is 3.32. The molecular weight excluding hydrogens is 354 g/mol. The number of imide groups is 1. The van der Waals surface area contributed by atoms with Crippen LogP contribution in [0.5, 0.6) is 0 Å². The summed E-state index contributed by atoms with van der Waals surface area (Å²) in [6.45, 7) is 10.5. The summed E-state index contributed by atoms with van der Waals surface area (Å²) >= 11 is 0. The molecule has 154 valence electrons. The van der Waals surface area contributed by atoms with Crippen LogP contribution in [-0.2, 0) is 20.5 Å². The van der Waals surface area contributed by atoms with Crippen LogP contribution >= 0.6 is 0 Å². The van der Waals surface area contributed by atoms with Gasteiger partial charge in [0, 0.05) is 6.54 Å². The quantitative estimate of drug-likeness (QED) is 0.530. The lowest BCUT2D eigenvalue weighted by atomic mass is 9.84. The summed E-state index contributed by atoms with van der Waals surface area (Å²) in [5, 5.41) is 5.54. The lowest BCUT2D eigenvalue weighted by Crippen LogP contribution is -2.43. The van der Waals surface area contributed by atoms with E-state index in [1.807, 2.05) is 24.3 Å². The van der Waals surface area contributed by atoms with Crippen molar-refractivity contribution in [3.05, 3.63) is 35.4 Å². The van der Waals surface area contributed by atoms with Crippen molar-refractivity contribution in [1.29, 1.82) is 0 Å². The van der Waals surface area contributed by atoms with Crippen LogP contribution in [0.2, 0.25) is 0 Å². The maximum Gasteiger partial charge on any atom is 0.325 e. The molecule has 0 saturated carbocycles. The summed E-state index contributed by atoms with van der Waals surface area (Å²) in [4.78, 5) is 38.4. The maximum absolute atomic E-state index is 12.9. The van der Waals surface area contributed by atoms with Crippen molar-refractivity contribution in [1.82, 2.24) is 15.5 Å². The van der Waals surface area contributed by atoms with Gasteiger partial charge >= 0.3 is 6.03 Å². The number of carbonyl (C=O) groups is 3. The van der Waals surface area contributed by atoms with Crippen molar-refractivity contribution in [2.75, 3.05) is 13.1 Å². The third-order valence-electron chi connectivity index (χ3n) is 5.26. The number of unbranched alkanes of at least 4 members (excludes halogenated alkanes) is 3. The van der Waals surface area contributed by atoms with E-state index in [0.29, 0.717) is 12.1 Å². The van der Waals surface area contributed by atoms with Gasteiger partial charge in [0.1, 0.15) is 12.1 Å². The van der Waals surface area contributed by atoms with Gasteiger partial charge in [-0.25, -0.2) is 4.79 Å². The van der Waals surface area contributed by atoms with E-state index in [-0.39, 0.29) is 17.9 Å². The second kappa shape index (κ2) is 8.76. The van der Waals surface area contributed by atoms with Crippen LogP contribution < -0.4 is 10.6 Å². The SMILES string of the molecule is CCCCCCNC(=O)CN1C(=O)NC(C)(c2ccc(C(C)(C)C)cc2)C1=O. The number of nitrogens with one attached hydrogen (secondary N) is 2. The first kappa shape index (κ1) is 21.9. The predicted octanol–water partition coefficient (Wildman–Crippen LogP) is 3.45. The van der Waals surface area contributed by atoms with Crippen molar-refractivity contribution < 1.29 is 14.4 Å². The smallest absolute Gasteiger partial charge is 0.325 e. The van der Waals surface area contributed by atoms with Crippen LogP contribution in [0.15, 0.2) is 24.3 Å². The Kier molecular flexibility index (Phi) is 6.86. The molecule has 4 amide bonds. The lowest BCUT2D eigenvalue weighted by molar-refractivity contribution is -0.134. The van der Waals surface area contributed by atoms with Gasteiger partial charge < -0.3 is 10.6 Å². The van der Waals surface area contributed by atoms with Gasteiger partial charge in [-0.05, 0) is 29.9 Å². The standard InChI is InChI=1S/C22H33N3O3/c1-6-7-8-9-14-23-18(26)15-25-19(27)22(5,24-20(25)28)17-12-10-16(11-13-17)21(2,3)4/h10-13H,6-9,14-15H2,1-5H3,(H,23,26)(H,24,28). The summed E-state index contributed by atoms with van der Waals surface area (Å²) in [7, 11) is 0. The molecule has 1 aliphatic rings. The molecule has 1 heterocycles. The van der Waals surface area contributed by atoms with Gasteiger partial charge in [-0.1, -0.05) is 71.2 Å². The number of amides is 4. The van der Waals surface area contributed by atoms with Crippen molar-refractivity contribution in [2.24, 2.45) is 0 Å². The highest BCUT2D eigenvalue weighted by molar-refractivity contribution is 6.09. The Labute approximate surface area is 168 Å². The van der Waals surface area contributed by atoms with E-state index >= 15 is 0 Å².